The topological polar surface area (TPSA) is 66.9 Å². The van der Waals surface area contributed by atoms with Crippen molar-refractivity contribution in [3.8, 4) is 0 Å². The third kappa shape index (κ3) is 6.06. The molecule has 122 valence electrons. The number of anilines is 1. The van der Waals surface area contributed by atoms with Crippen LogP contribution in [0.3, 0.4) is 0 Å². The van der Waals surface area contributed by atoms with Gasteiger partial charge in [0.25, 0.3) is 5.91 Å². The number of unbranched alkanes of at least 4 members (excludes halogenated alkanes) is 2. The van der Waals surface area contributed by atoms with Gasteiger partial charge in [0.1, 0.15) is 11.5 Å². The molecule has 0 bridgehead atoms. The van der Waals surface area contributed by atoms with Gasteiger partial charge in [-0.05, 0) is 18.4 Å². The number of carbonyl (C=O) groups is 1. The van der Waals surface area contributed by atoms with Crippen LogP contribution in [0.5, 0.6) is 0 Å². The molecule has 0 fully saturated rings. The Morgan fingerprint density at radius 3 is 2.57 bits per heavy atom. The van der Waals surface area contributed by atoms with Gasteiger partial charge >= 0.3 is 0 Å². The average Bonchev–Trinajstić information content (AvgIpc) is 2.60. The van der Waals surface area contributed by atoms with E-state index in [-0.39, 0.29) is 5.91 Å². The second-order valence-corrected chi connectivity index (χ2v) is 5.41. The molecule has 23 heavy (non-hydrogen) atoms. The Hall–Kier alpha value is -2.43. The van der Waals surface area contributed by atoms with Gasteiger partial charge in [0.15, 0.2) is 0 Å². The molecule has 1 heterocycles. The average molecular weight is 312 g/mol. The summed E-state index contributed by atoms with van der Waals surface area (Å²) in [6.45, 7) is 3.60. The van der Waals surface area contributed by atoms with Crippen molar-refractivity contribution in [2.45, 2.75) is 32.6 Å². The highest BCUT2D eigenvalue weighted by atomic mass is 16.1. The third-order valence-electron chi connectivity index (χ3n) is 3.51. The fraction of sp³-hybridized carbons (Fsp3) is 0.389. The van der Waals surface area contributed by atoms with Crippen molar-refractivity contribution < 1.29 is 4.79 Å². The molecule has 0 aliphatic heterocycles. The van der Waals surface area contributed by atoms with Crippen molar-refractivity contribution in [3.05, 3.63) is 54.0 Å². The van der Waals surface area contributed by atoms with Crippen LogP contribution in [0.15, 0.2) is 42.7 Å². The maximum absolute atomic E-state index is 11.9. The Morgan fingerprint density at radius 2 is 1.87 bits per heavy atom. The minimum Gasteiger partial charge on any atom is -0.368 e. The van der Waals surface area contributed by atoms with E-state index in [1.165, 1.54) is 11.8 Å². The van der Waals surface area contributed by atoms with Crippen LogP contribution in [0, 0.1) is 0 Å². The van der Waals surface area contributed by atoms with Crippen LogP contribution < -0.4 is 10.6 Å². The largest absolute Gasteiger partial charge is 0.368 e. The maximum atomic E-state index is 11.9. The molecule has 5 nitrogen and oxygen atoms in total. The second-order valence-electron chi connectivity index (χ2n) is 5.41. The molecular formula is C18H24N4O. The fourth-order valence-corrected chi connectivity index (χ4v) is 2.18. The minimum atomic E-state index is -0.163. The first kappa shape index (κ1) is 16.9. The molecule has 2 aromatic rings. The highest BCUT2D eigenvalue weighted by molar-refractivity contribution is 5.91. The lowest BCUT2D eigenvalue weighted by molar-refractivity contribution is 0.0947. The predicted molar refractivity (Wildman–Crippen MR) is 92.5 cm³/mol. The highest BCUT2D eigenvalue weighted by Crippen LogP contribution is 2.04. The van der Waals surface area contributed by atoms with E-state index in [9.17, 15) is 4.79 Å². The molecule has 0 aliphatic rings. The summed E-state index contributed by atoms with van der Waals surface area (Å²) in [7, 11) is 0. The molecule has 5 heteroatoms. The van der Waals surface area contributed by atoms with Crippen molar-refractivity contribution in [1.29, 1.82) is 0 Å². The number of aromatic nitrogens is 2. The summed E-state index contributed by atoms with van der Waals surface area (Å²) in [6.07, 6.45) is 7.29. The summed E-state index contributed by atoms with van der Waals surface area (Å²) in [6, 6.07) is 10.3. The first-order chi connectivity index (χ1) is 11.3. The molecule has 0 spiro atoms. The Kier molecular flexibility index (Phi) is 7.04. The van der Waals surface area contributed by atoms with Crippen LogP contribution in [0.1, 0.15) is 42.2 Å². The van der Waals surface area contributed by atoms with Gasteiger partial charge in [0.2, 0.25) is 0 Å². The summed E-state index contributed by atoms with van der Waals surface area (Å²) < 4.78 is 0. The molecule has 1 amide bonds. The van der Waals surface area contributed by atoms with Gasteiger partial charge in [-0.2, -0.15) is 0 Å². The lowest BCUT2D eigenvalue weighted by atomic mass is 10.1. The first-order valence-electron chi connectivity index (χ1n) is 8.17. The number of hydrogen-bond donors (Lipinski definition) is 2. The van der Waals surface area contributed by atoms with Crippen LogP contribution in [0.2, 0.25) is 0 Å². The zero-order valence-electron chi connectivity index (χ0n) is 13.6. The second kappa shape index (κ2) is 9.56. The van der Waals surface area contributed by atoms with Crippen molar-refractivity contribution in [1.82, 2.24) is 15.3 Å². The van der Waals surface area contributed by atoms with Gasteiger partial charge in [-0.1, -0.05) is 50.1 Å². The third-order valence-corrected chi connectivity index (χ3v) is 3.51. The van der Waals surface area contributed by atoms with Crippen LogP contribution >= 0.6 is 0 Å². The van der Waals surface area contributed by atoms with E-state index in [4.69, 9.17) is 0 Å². The SMILES string of the molecule is CCCCCNC(=O)c1cnc(NCCc2ccccc2)cn1. The Labute approximate surface area is 137 Å². The maximum Gasteiger partial charge on any atom is 0.271 e. The summed E-state index contributed by atoms with van der Waals surface area (Å²) in [4.78, 5) is 20.3. The summed E-state index contributed by atoms with van der Waals surface area (Å²) in [5.74, 6) is 0.521. The molecule has 0 saturated carbocycles. The van der Waals surface area contributed by atoms with E-state index in [1.807, 2.05) is 18.2 Å². The van der Waals surface area contributed by atoms with E-state index >= 15 is 0 Å². The van der Waals surface area contributed by atoms with E-state index in [1.54, 1.807) is 6.20 Å². The molecule has 0 aliphatic carbocycles. The quantitative estimate of drug-likeness (QED) is 0.698. The zero-order valence-corrected chi connectivity index (χ0v) is 13.6. The molecule has 1 aromatic carbocycles. The molecule has 2 rings (SSSR count). The fourth-order valence-electron chi connectivity index (χ4n) is 2.18. The van der Waals surface area contributed by atoms with Crippen LogP contribution in [0.4, 0.5) is 5.82 Å². The number of nitrogens with one attached hydrogen (secondary N) is 2. The minimum absolute atomic E-state index is 0.163. The van der Waals surface area contributed by atoms with Gasteiger partial charge in [0.05, 0.1) is 12.4 Å². The summed E-state index contributed by atoms with van der Waals surface area (Å²) in [5.41, 5.74) is 1.63. The Morgan fingerprint density at radius 1 is 1.04 bits per heavy atom. The number of hydrogen-bond acceptors (Lipinski definition) is 4. The van der Waals surface area contributed by atoms with Crippen molar-refractivity contribution in [3.63, 3.8) is 0 Å². The summed E-state index contributed by atoms with van der Waals surface area (Å²) in [5, 5.41) is 6.07. The van der Waals surface area contributed by atoms with Crippen LogP contribution in [0.25, 0.3) is 0 Å². The van der Waals surface area contributed by atoms with E-state index < -0.39 is 0 Å². The predicted octanol–water partition coefficient (Wildman–Crippen LogP) is 3.05. The molecule has 0 atom stereocenters. The smallest absolute Gasteiger partial charge is 0.271 e. The van der Waals surface area contributed by atoms with Gasteiger partial charge in [-0.3, -0.25) is 4.79 Å². The van der Waals surface area contributed by atoms with Crippen molar-refractivity contribution in [2.24, 2.45) is 0 Å². The van der Waals surface area contributed by atoms with E-state index in [0.717, 1.165) is 32.2 Å². The Balaban J connectivity index is 1.74. The number of benzene rings is 1. The Bertz CT molecular complexity index is 584. The normalized spacial score (nSPS) is 10.3. The molecule has 0 radical (unpaired) electrons. The van der Waals surface area contributed by atoms with Crippen molar-refractivity contribution in [2.75, 3.05) is 18.4 Å². The number of nitrogens with zero attached hydrogens (tertiary/aromatic N) is 2. The van der Waals surface area contributed by atoms with Gasteiger partial charge < -0.3 is 10.6 Å². The monoisotopic (exact) mass is 312 g/mol. The molecule has 0 saturated heterocycles. The van der Waals surface area contributed by atoms with Gasteiger partial charge in [0, 0.05) is 13.1 Å². The lowest BCUT2D eigenvalue weighted by Crippen LogP contribution is -2.25. The first-order valence-corrected chi connectivity index (χ1v) is 8.17. The molecule has 2 N–H and O–H groups in total. The number of rotatable bonds is 9. The number of amides is 1. The highest BCUT2D eigenvalue weighted by Gasteiger charge is 2.06. The van der Waals surface area contributed by atoms with Crippen LogP contribution in [-0.4, -0.2) is 29.0 Å². The van der Waals surface area contributed by atoms with Gasteiger partial charge in [-0.15, -0.1) is 0 Å². The van der Waals surface area contributed by atoms with E-state index in [2.05, 4.69) is 39.7 Å². The van der Waals surface area contributed by atoms with Crippen molar-refractivity contribution >= 4 is 11.7 Å². The molecular weight excluding hydrogens is 288 g/mol. The van der Waals surface area contributed by atoms with Crippen LogP contribution in [-0.2, 0) is 6.42 Å². The van der Waals surface area contributed by atoms with E-state index in [0.29, 0.717) is 18.1 Å². The zero-order chi connectivity index (χ0) is 16.3. The summed E-state index contributed by atoms with van der Waals surface area (Å²) >= 11 is 0. The molecule has 0 unspecified atom stereocenters. The number of carbonyl (C=O) groups excluding carboxylic acids is 1. The molecule has 1 aromatic heterocycles. The lowest BCUT2D eigenvalue weighted by Gasteiger charge is -2.07. The standard InChI is InChI=1S/C18H24N4O/c1-2-3-7-11-20-18(23)16-13-22-17(14-21-16)19-12-10-15-8-5-4-6-9-15/h4-6,8-9,13-14H,2-3,7,10-12H2,1H3,(H,19,22)(H,20,23). The van der Waals surface area contributed by atoms with Gasteiger partial charge in [-0.25, -0.2) is 9.97 Å².